The summed E-state index contributed by atoms with van der Waals surface area (Å²) >= 11 is 3.44. The van der Waals surface area contributed by atoms with Crippen molar-refractivity contribution in [3.63, 3.8) is 0 Å². The smallest absolute Gasteiger partial charge is 0.340 e. The second-order valence-corrected chi connectivity index (χ2v) is 16.0. The summed E-state index contributed by atoms with van der Waals surface area (Å²) in [6, 6.07) is 30.6. The number of nitro groups is 1. The number of carboxylic acid groups (broad SMARTS) is 3. The number of anilines is 3. The van der Waals surface area contributed by atoms with Crippen LogP contribution in [0.3, 0.4) is 0 Å². The second-order valence-electron chi connectivity index (χ2n) is 15.4. The van der Waals surface area contributed by atoms with Crippen LogP contribution < -0.4 is 17.2 Å². The van der Waals surface area contributed by atoms with Crippen molar-refractivity contribution in [3.05, 3.63) is 178 Å². The lowest BCUT2D eigenvalue weighted by Gasteiger charge is -2.01. The minimum absolute atomic E-state index is 0. The van der Waals surface area contributed by atoms with Crippen molar-refractivity contribution in [1.82, 2.24) is 38.6 Å². The fourth-order valence-electron chi connectivity index (χ4n) is 6.91. The third-order valence-corrected chi connectivity index (χ3v) is 11.3. The molecule has 0 atom stereocenters. The van der Waals surface area contributed by atoms with Gasteiger partial charge in [-0.1, -0.05) is 64.5 Å². The van der Waals surface area contributed by atoms with Crippen LogP contribution in [0.4, 0.5) is 22.7 Å². The van der Waals surface area contributed by atoms with Crippen LogP contribution in [0.2, 0.25) is 0 Å². The first kappa shape index (κ1) is 58.4. The number of H-pyrrole nitrogens is 1. The van der Waals surface area contributed by atoms with Crippen molar-refractivity contribution in [3.8, 4) is 0 Å². The molecule has 0 fully saturated rings. The average molecular weight is 1150 g/mol. The van der Waals surface area contributed by atoms with E-state index in [9.17, 15) is 29.3 Å². The van der Waals surface area contributed by atoms with Gasteiger partial charge in [-0.25, -0.2) is 39.1 Å². The molecule has 75 heavy (non-hydrogen) atoms. The number of rotatable bonds is 7. The molecule has 0 radical (unpaired) electrons. The van der Waals surface area contributed by atoms with Gasteiger partial charge in [-0.2, -0.15) is 0 Å². The van der Waals surface area contributed by atoms with Gasteiger partial charge < -0.3 is 61.0 Å². The van der Waals surface area contributed by atoms with E-state index in [1.54, 1.807) is 43.0 Å². The zero-order chi connectivity index (χ0) is 54.2. The zero-order valence-electron chi connectivity index (χ0n) is 40.4. The number of nitrogens with one attached hydrogen (secondary N) is 1. The largest absolute Gasteiger partial charge is 0.478 e. The molecular weight excluding hydrogens is 1100 g/mol. The number of hydrogen-bond donors (Lipinski definition) is 8. The number of carbonyl (C=O) groups excluding carboxylic acids is 1. The number of methoxy groups -OCH3 is 1. The molecule has 6 aromatic carbocycles. The number of fused-ring (bicyclic) bond motifs is 4. The fraction of sp³-hybridized carbons (Fsp3) is 0.120. The number of aliphatic hydroxyl groups excluding tert-OH is 1. The summed E-state index contributed by atoms with van der Waals surface area (Å²) in [4.78, 5) is 72.0. The number of aromatic carboxylic acids is 3. The number of hydrogen-bond acceptors (Lipinski definition) is 15. The molecule has 0 bridgehead atoms. The summed E-state index contributed by atoms with van der Waals surface area (Å²) < 4.78 is 10.5. The van der Waals surface area contributed by atoms with Gasteiger partial charge >= 0.3 is 23.9 Å². The Morgan fingerprint density at radius 1 is 0.613 bits per heavy atom. The Morgan fingerprint density at radius 2 is 1.05 bits per heavy atom. The van der Waals surface area contributed by atoms with Crippen LogP contribution >= 0.6 is 32.9 Å². The summed E-state index contributed by atoms with van der Waals surface area (Å²) in [6.45, 7) is 0.0500. The van der Waals surface area contributed by atoms with Crippen LogP contribution in [0.1, 0.15) is 52.6 Å². The summed E-state index contributed by atoms with van der Waals surface area (Å²) in [5.41, 5.74) is 25.5. The van der Waals surface area contributed by atoms with E-state index in [2.05, 4.69) is 63.8 Å². The normalized spacial score (nSPS) is 10.1. The number of imidazole rings is 4. The van der Waals surface area contributed by atoms with Crippen molar-refractivity contribution < 1.29 is 49.3 Å². The molecule has 4 aromatic heterocycles. The van der Waals surface area contributed by atoms with Crippen molar-refractivity contribution in [2.45, 2.75) is 11.9 Å². The van der Waals surface area contributed by atoms with Crippen molar-refractivity contribution >= 4 is 124 Å². The molecule has 0 aliphatic carbocycles. The maximum Gasteiger partial charge on any atom is 0.340 e. The van der Waals surface area contributed by atoms with Gasteiger partial charge in [0.1, 0.15) is 16.7 Å². The third kappa shape index (κ3) is 14.3. The molecule has 11 N–H and O–H groups in total. The molecule has 0 aliphatic heterocycles. The van der Waals surface area contributed by atoms with E-state index >= 15 is 0 Å². The first-order chi connectivity index (χ1) is 35.3. The highest BCUT2D eigenvalue weighted by atomic mass is 79.9. The molecule has 10 rings (SSSR count). The Morgan fingerprint density at radius 3 is 1.56 bits per heavy atom. The number of para-hydroxylation sites is 6. The van der Waals surface area contributed by atoms with E-state index in [4.69, 9.17) is 37.6 Å². The number of nitrogens with zero attached hydrogens (tertiary/aromatic N) is 8. The molecule has 0 saturated heterocycles. The molecule has 23 nitrogen and oxygen atoms in total. The van der Waals surface area contributed by atoms with Gasteiger partial charge in [0.05, 0.1) is 111 Å². The SMILES string of the molecule is Br.COC(=O)c1cccc2c1ncn2C.Cn1cnc2c(CBr)cccc21.Cn1cnc2c(CO)cccc21.Nc1c(C(=O)O)cccc1[N+](=O)[O-].Nc1cccc(C(=O)O)c1N.O=C(O)c1cccc2[nH]cnc12. The Hall–Kier alpha value is -9.20. The fourth-order valence-corrected chi connectivity index (χ4v) is 7.36. The van der Waals surface area contributed by atoms with Crippen LogP contribution in [0.25, 0.3) is 44.1 Å². The number of aryl methyl sites for hydroxylation is 3. The van der Waals surface area contributed by atoms with Crippen molar-refractivity contribution in [2.24, 2.45) is 21.1 Å². The highest BCUT2D eigenvalue weighted by Gasteiger charge is 2.18. The quantitative estimate of drug-likeness (QED) is 0.0245. The Labute approximate surface area is 444 Å². The van der Waals surface area contributed by atoms with E-state index in [-0.39, 0.29) is 63.3 Å². The molecule has 10 aromatic rings. The van der Waals surface area contributed by atoms with Gasteiger partial charge in [0.15, 0.2) is 0 Å². The molecule has 25 heteroatoms. The Kier molecular flexibility index (Phi) is 21.0. The summed E-state index contributed by atoms with van der Waals surface area (Å²) in [5, 5.41) is 46.1. The number of aromatic nitrogens is 8. The van der Waals surface area contributed by atoms with Gasteiger partial charge in [0, 0.05) is 38.1 Å². The first-order valence-corrected chi connectivity index (χ1v) is 22.7. The zero-order valence-corrected chi connectivity index (χ0v) is 43.7. The number of aromatic amines is 1. The number of esters is 1. The highest BCUT2D eigenvalue weighted by molar-refractivity contribution is 9.08. The Bertz CT molecular complexity index is 3520. The summed E-state index contributed by atoms with van der Waals surface area (Å²) in [7, 11) is 7.20. The number of carboxylic acids is 3. The van der Waals surface area contributed by atoms with Crippen LogP contribution in [0.15, 0.2) is 135 Å². The average Bonchev–Trinajstić information content (AvgIpc) is 4.22. The number of alkyl halides is 1. The van der Waals surface area contributed by atoms with Crippen LogP contribution in [0.5, 0.6) is 0 Å². The summed E-state index contributed by atoms with van der Waals surface area (Å²) in [5.74, 6) is -3.64. The number of nitro benzene ring substituents is 1. The second kappa shape index (κ2) is 27.0. The number of aliphatic hydroxyl groups is 1. The van der Waals surface area contributed by atoms with Gasteiger partial charge in [-0.15, -0.1) is 17.0 Å². The van der Waals surface area contributed by atoms with Gasteiger partial charge in [0.25, 0.3) is 5.69 Å². The minimum atomic E-state index is -1.28. The molecule has 390 valence electrons. The standard InChI is InChI=1S/C10H10N2O2.C9H9BrN2.C9H10N2O.C8H6N2O2.C7H6N2O4.C7H8N2O2.BrH/c1-12-6-11-9-7(10(13)14-2)4-3-5-8(9)12;1-12-6-11-9-7(5-10)3-2-4-8(9)12;1-11-6-10-9-7(5-12)3-2-4-8(9)11;11-8(12)5-2-1-3-6-7(5)10-4-9-6;8-6-4(7(10)11)2-1-3-5(6)9(12)13;8-5-3-1-2-4(6(5)9)7(10)11;/h3-6H,1-2H3;2-4,6H,5H2,1H3;2-4,6,12H,5H2,1H3;1-4H,(H,9,10)(H,11,12);1-3H,8H2,(H,10,11);1-3H,8-9H2,(H,10,11);1H. The minimum Gasteiger partial charge on any atom is -0.478 e. The van der Waals surface area contributed by atoms with E-state index in [1.807, 2.05) is 71.5 Å². The predicted molar refractivity (Wildman–Crippen MR) is 292 cm³/mol. The lowest BCUT2D eigenvalue weighted by Crippen LogP contribution is -2.04. The molecule has 0 spiro atoms. The lowest BCUT2D eigenvalue weighted by atomic mass is 10.1. The van der Waals surface area contributed by atoms with E-state index in [0.29, 0.717) is 22.3 Å². The maximum absolute atomic E-state index is 11.4. The van der Waals surface area contributed by atoms with Crippen LogP contribution in [-0.4, -0.2) is 95.0 Å². The molecular formula is C50H50Br2N12O11. The predicted octanol–water partition coefficient (Wildman–Crippen LogP) is 8.16. The third-order valence-electron chi connectivity index (χ3n) is 10.7. The molecule has 4 heterocycles. The first-order valence-electron chi connectivity index (χ1n) is 21.6. The molecule has 0 aliphatic rings. The van der Waals surface area contributed by atoms with Crippen molar-refractivity contribution in [1.29, 1.82) is 0 Å². The lowest BCUT2D eigenvalue weighted by molar-refractivity contribution is -0.383. The monoisotopic (exact) mass is 1150 g/mol. The van der Waals surface area contributed by atoms with Crippen molar-refractivity contribution in [2.75, 3.05) is 24.3 Å². The number of ether oxygens (including phenoxy) is 1. The summed E-state index contributed by atoms with van der Waals surface area (Å²) in [6.07, 6.45) is 6.76. The van der Waals surface area contributed by atoms with Gasteiger partial charge in [-0.05, 0) is 60.2 Å². The number of nitrogen functional groups attached to an aromatic ring is 3. The number of nitrogens with two attached hydrogens (primary N) is 3. The number of benzene rings is 6. The van der Waals surface area contributed by atoms with E-state index < -0.39 is 22.8 Å². The van der Waals surface area contributed by atoms with E-state index in [0.717, 1.165) is 44.5 Å². The van der Waals surface area contributed by atoms with Crippen LogP contribution in [0, 0.1) is 10.1 Å². The topological polar surface area (TPSA) is 362 Å². The van der Waals surface area contributed by atoms with Crippen LogP contribution in [-0.2, 0) is 37.8 Å². The molecule has 0 saturated carbocycles. The van der Waals surface area contributed by atoms with E-state index in [1.165, 1.54) is 48.8 Å². The Balaban J connectivity index is 0.000000194. The van der Waals surface area contributed by atoms with Gasteiger partial charge in [0.2, 0.25) is 0 Å². The number of halogens is 2. The molecule has 0 amide bonds. The highest BCUT2D eigenvalue weighted by Crippen LogP contribution is 2.25. The van der Waals surface area contributed by atoms with Gasteiger partial charge in [-0.3, -0.25) is 10.1 Å². The maximum atomic E-state index is 11.4. The molecule has 0 unspecified atom stereocenters. The number of carbonyl (C=O) groups is 4.